The molecular weight excluding hydrogens is 442 g/mol. The van der Waals surface area contributed by atoms with Crippen LogP contribution in [0.3, 0.4) is 0 Å². The summed E-state index contributed by atoms with van der Waals surface area (Å²) < 4.78 is 35.0. The molecule has 2 aromatic rings. The molecule has 3 heterocycles. The third kappa shape index (κ3) is 3.95. The van der Waals surface area contributed by atoms with Gasteiger partial charge in [0.2, 0.25) is 0 Å². The summed E-state index contributed by atoms with van der Waals surface area (Å²) in [5, 5.41) is 2.92. The highest BCUT2D eigenvalue weighted by Crippen LogP contribution is 2.38. The van der Waals surface area contributed by atoms with Crippen molar-refractivity contribution < 1.29 is 23.1 Å². The van der Waals surface area contributed by atoms with E-state index in [-0.39, 0.29) is 29.5 Å². The third-order valence-electron chi connectivity index (χ3n) is 6.19. The minimum Gasteiger partial charge on any atom is -0.373 e. The van der Waals surface area contributed by atoms with E-state index >= 15 is 4.39 Å². The summed E-state index contributed by atoms with van der Waals surface area (Å²) in [6, 6.07) is 3.80. The van der Waals surface area contributed by atoms with E-state index in [0.717, 1.165) is 17.7 Å². The Labute approximate surface area is 189 Å². The van der Waals surface area contributed by atoms with Crippen LogP contribution >= 0.6 is 11.6 Å². The highest BCUT2D eigenvalue weighted by molar-refractivity contribution is 6.32. The second-order valence-electron chi connectivity index (χ2n) is 8.32. The summed E-state index contributed by atoms with van der Waals surface area (Å²) in [5.41, 5.74) is -3.91. The lowest BCUT2D eigenvalue weighted by atomic mass is 9.88. The summed E-state index contributed by atoms with van der Waals surface area (Å²) in [6.45, 7) is 3.07. The first kappa shape index (κ1) is 22.5. The first-order valence-electron chi connectivity index (χ1n) is 10.3. The molecule has 4 rings (SSSR count). The average molecular weight is 465 g/mol. The molecule has 0 radical (unpaired) electrons. The Bertz CT molecular complexity index is 1030. The van der Waals surface area contributed by atoms with Crippen LogP contribution in [0.25, 0.3) is 0 Å². The van der Waals surface area contributed by atoms with Crippen molar-refractivity contribution in [3.8, 4) is 0 Å². The number of rotatable bonds is 6. The van der Waals surface area contributed by atoms with Gasteiger partial charge in [0.25, 0.3) is 17.4 Å². The Balaban J connectivity index is 1.82. The van der Waals surface area contributed by atoms with Crippen LogP contribution in [0.5, 0.6) is 0 Å². The Morgan fingerprint density at radius 3 is 2.59 bits per heavy atom. The minimum absolute atomic E-state index is 0.0713. The summed E-state index contributed by atoms with van der Waals surface area (Å²) in [4.78, 5) is 35.3. The predicted octanol–water partition coefficient (Wildman–Crippen LogP) is 3.14. The van der Waals surface area contributed by atoms with E-state index in [1.165, 1.54) is 37.8 Å². The quantitative estimate of drug-likeness (QED) is 0.664. The Kier molecular flexibility index (Phi) is 6.13. The standard InChI is InChI=1S/C22H23ClF2N4O3/c1-12-3-5-17(15(24)7-12)29(20(30)19(23)25)22(2,13-9-26-11-27-10-13)21(31)28-16-8-14-4-6-18(16)32-14/h3,5,7,9-11,14,16,18-19H,4,6,8H2,1-2H3,(H,28,31)/t14-,16+,18+,19-,22-/m0/s1. The number of anilines is 1. The Morgan fingerprint density at radius 2 is 2.03 bits per heavy atom. The average Bonchev–Trinajstić information content (AvgIpc) is 3.39. The van der Waals surface area contributed by atoms with Gasteiger partial charge in [0.05, 0.1) is 23.9 Å². The van der Waals surface area contributed by atoms with E-state index in [0.29, 0.717) is 12.0 Å². The number of benzene rings is 1. The van der Waals surface area contributed by atoms with Crippen molar-refractivity contribution in [3.63, 3.8) is 0 Å². The number of ether oxygens (including phenoxy) is 1. The molecule has 0 unspecified atom stereocenters. The van der Waals surface area contributed by atoms with Gasteiger partial charge in [0, 0.05) is 18.0 Å². The first-order valence-corrected chi connectivity index (χ1v) is 10.8. The normalized spacial score (nSPS) is 24.6. The van der Waals surface area contributed by atoms with Crippen LogP contribution in [0.2, 0.25) is 0 Å². The van der Waals surface area contributed by atoms with E-state index in [1.807, 2.05) is 0 Å². The van der Waals surface area contributed by atoms with E-state index < -0.39 is 28.8 Å². The van der Waals surface area contributed by atoms with Gasteiger partial charge >= 0.3 is 0 Å². The molecule has 0 aliphatic carbocycles. The predicted molar refractivity (Wildman–Crippen MR) is 113 cm³/mol. The topological polar surface area (TPSA) is 84.4 Å². The summed E-state index contributed by atoms with van der Waals surface area (Å²) in [7, 11) is 0. The maximum Gasteiger partial charge on any atom is 0.278 e. The zero-order chi connectivity index (χ0) is 23.0. The third-order valence-corrected chi connectivity index (χ3v) is 6.37. The molecule has 2 fully saturated rings. The lowest BCUT2D eigenvalue weighted by Gasteiger charge is -2.41. The second-order valence-corrected chi connectivity index (χ2v) is 8.70. The molecule has 32 heavy (non-hydrogen) atoms. The van der Waals surface area contributed by atoms with Crippen LogP contribution in [-0.2, 0) is 19.9 Å². The fraction of sp³-hybridized carbons (Fsp3) is 0.455. The molecule has 1 aromatic carbocycles. The second kappa shape index (κ2) is 8.71. The van der Waals surface area contributed by atoms with E-state index in [9.17, 15) is 14.0 Å². The summed E-state index contributed by atoms with van der Waals surface area (Å²) in [5.74, 6) is -2.71. The molecule has 170 valence electrons. The highest BCUT2D eigenvalue weighted by Gasteiger charge is 2.50. The maximum absolute atomic E-state index is 15.0. The van der Waals surface area contributed by atoms with Crippen LogP contribution in [-0.4, -0.2) is 45.7 Å². The van der Waals surface area contributed by atoms with Crippen molar-refractivity contribution in [1.82, 2.24) is 15.3 Å². The van der Waals surface area contributed by atoms with Gasteiger partial charge in [0.15, 0.2) is 5.54 Å². The number of nitrogens with zero attached hydrogens (tertiary/aromatic N) is 3. The molecule has 2 amide bonds. The van der Waals surface area contributed by atoms with Gasteiger partial charge in [-0.1, -0.05) is 17.7 Å². The molecule has 10 heteroatoms. The monoisotopic (exact) mass is 464 g/mol. The number of amides is 2. The zero-order valence-corrected chi connectivity index (χ0v) is 18.4. The fourth-order valence-electron chi connectivity index (χ4n) is 4.48. The van der Waals surface area contributed by atoms with Crippen molar-refractivity contribution >= 4 is 29.1 Å². The number of aryl methyl sites for hydroxylation is 1. The molecule has 2 aliphatic rings. The largest absolute Gasteiger partial charge is 0.373 e. The van der Waals surface area contributed by atoms with Crippen molar-refractivity contribution in [2.75, 3.05) is 4.90 Å². The number of carbonyl (C=O) groups excluding carboxylic acids is 2. The van der Waals surface area contributed by atoms with Crippen LogP contribution in [0.4, 0.5) is 14.5 Å². The highest BCUT2D eigenvalue weighted by atomic mass is 35.5. The van der Waals surface area contributed by atoms with Gasteiger partial charge in [-0.25, -0.2) is 18.7 Å². The Morgan fingerprint density at radius 1 is 1.31 bits per heavy atom. The molecule has 2 aliphatic heterocycles. The van der Waals surface area contributed by atoms with E-state index in [4.69, 9.17) is 16.3 Å². The number of hydrogen-bond donors (Lipinski definition) is 1. The van der Waals surface area contributed by atoms with Gasteiger partial charge in [0.1, 0.15) is 12.1 Å². The van der Waals surface area contributed by atoms with E-state index in [2.05, 4.69) is 15.3 Å². The maximum atomic E-state index is 15.0. The molecule has 7 nitrogen and oxygen atoms in total. The molecule has 2 bridgehead atoms. The van der Waals surface area contributed by atoms with Crippen molar-refractivity contribution in [1.29, 1.82) is 0 Å². The van der Waals surface area contributed by atoms with Gasteiger partial charge in [-0.05, 0) is 50.8 Å². The first-order chi connectivity index (χ1) is 15.2. The number of fused-ring (bicyclic) bond motifs is 2. The summed E-state index contributed by atoms with van der Waals surface area (Å²) >= 11 is 5.51. The zero-order valence-electron chi connectivity index (χ0n) is 17.6. The number of carbonyl (C=O) groups is 2. The van der Waals surface area contributed by atoms with Crippen LogP contribution in [0.1, 0.15) is 37.3 Å². The van der Waals surface area contributed by atoms with Crippen molar-refractivity contribution in [3.05, 3.63) is 53.9 Å². The smallest absolute Gasteiger partial charge is 0.278 e. The molecule has 5 atom stereocenters. The number of aromatic nitrogens is 2. The number of hydrogen-bond acceptors (Lipinski definition) is 5. The van der Waals surface area contributed by atoms with Gasteiger partial charge in [-0.2, -0.15) is 0 Å². The number of halogens is 3. The van der Waals surface area contributed by atoms with Gasteiger partial charge in [-0.3, -0.25) is 14.5 Å². The van der Waals surface area contributed by atoms with Crippen LogP contribution in [0, 0.1) is 12.7 Å². The van der Waals surface area contributed by atoms with E-state index in [1.54, 1.807) is 13.0 Å². The molecule has 1 N–H and O–H groups in total. The lowest BCUT2D eigenvalue weighted by Crippen LogP contribution is -2.60. The molecule has 0 saturated carbocycles. The lowest BCUT2D eigenvalue weighted by molar-refractivity contribution is -0.132. The van der Waals surface area contributed by atoms with Gasteiger partial charge in [-0.15, -0.1) is 0 Å². The Hall–Kier alpha value is -2.65. The summed E-state index contributed by atoms with van der Waals surface area (Å²) in [6.07, 6.45) is 6.22. The molecule has 0 spiro atoms. The fourth-order valence-corrected chi connectivity index (χ4v) is 4.58. The molecular formula is C22H23ClF2N4O3. The van der Waals surface area contributed by atoms with Crippen molar-refractivity contribution in [2.24, 2.45) is 0 Å². The number of nitrogens with one attached hydrogen (secondary N) is 1. The minimum atomic E-state index is -2.50. The SMILES string of the molecule is Cc1ccc(N(C(=O)[C@H](F)Cl)[C@](C)(C(=O)N[C@@H]2C[C@@H]3CC[C@H]2O3)c2cncnc2)c(F)c1. The van der Waals surface area contributed by atoms with Crippen LogP contribution in [0.15, 0.2) is 36.9 Å². The van der Waals surface area contributed by atoms with Gasteiger partial charge < -0.3 is 10.1 Å². The van der Waals surface area contributed by atoms with Crippen LogP contribution < -0.4 is 10.2 Å². The molecule has 2 saturated heterocycles. The van der Waals surface area contributed by atoms with Crippen molar-refractivity contribution in [2.45, 2.75) is 62.5 Å². The molecule has 1 aromatic heterocycles. The number of alkyl halides is 2.